The maximum Gasteiger partial charge on any atom is 0.240 e. The first-order chi connectivity index (χ1) is 9.36. The fourth-order valence-corrected chi connectivity index (χ4v) is 3.04. The molecule has 0 heterocycles. The molecule has 7 heteroatoms. The standard InChI is InChI=1S/C13H22N2O3S2/c1-4-14-10-12-5-7-13(8-6-12)20(17,18)15-9-11(2)19(3)16/h5-8,11,14-15H,4,9-10H2,1-3H3. The maximum atomic E-state index is 12.1. The molecule has 2 atom stereocenters. The molecule has 0 aliphatic carbocycles. The Morgan fingerprint density at radius 2 is 1.85 bits per heavy atom. The van der Waals surface area contributed by atoms with Crippen molar-refractivity contribution in [3.05, 3.63) is 29.8 Å². The Labute approximate surface area is 123 Å². The van der Waals surface area contributed by atoms with E-state index in [1.807, 2.05) is 6.92 Å². The van der Waals surface area contributed by atoms with E-state index in [0.29, 0.717) is 0 Å². The molecule has 0 aliphatic heterocycles. The van der Waals surface area contributed by atoms with Crippen LogP contribution in [0.2, 0.25) is 0 Å². The SMILES string of the molecule is CCNCc1ccc(S(=O)(=O)NCC(C)S(C)=O)cc1. The number of sulfonamides is 1. The number of rotatable bonds is 8. The minimum atomic E-state index is -3.53. The van der Waals surface area contributed by atoms with Crippen LogP contribution in [0.5, 0.6) is 0 Å². The van der Waals surface area contributed by atoms with Crippen molar-refractivity contribution in [2.75, 3.05) is 19.3 Å². The van der Waals surface area contributed by atoms with Gasteiger partial charge in [-0.1, -0.05) is 19.1 Å². The summed E-state index contributed by atoms with van der Waals surface area (Å²) in [6.07, 6.45) is 1.56. The molecule has 0 amide bonds. The van der Waals surface area contributed by atoms with Gasteiger partial charge in [0, 0.05) is 35.4 Å². The summed E-state index contributed by atoms with van der Waals surface area (Å²) in [5, 5.41) is 2.97. The van der Waals surface area contributed by atoms with Gasteiger partial charge >= 0.3 is 0 Å². The number of hydrogen-bond acceptors (Lipinski definition) is 4. The lowest BCUT2D eigenvalue weighted by Gasteiger charge is -2.11. The number of hydrogen-bond donors (Lipinski definition) is 2. The maximum absolute atomic E-state index is 12.1. The quantitative estimate of drug-likeness (QED) is 0.745. The second-order valence-corrected chi connectivity index (χ2v) is 8.15. The van der Waals surface area contributed by atoms with Crippen LogP contribution in [0.1, 0.15) is 19.4 Å². The molecule has 0 radical (unpaired) electrons. The van der Waals surface area contributed by atoms with Crippen molar-refractivity contribution in [3.8, 4) is 0 Å². The largest absolute Gasteiger partial charge is 0.313 e. The van der Waals surface area contributed by atoms with Gasteiger partial charge < -0.3 is 5.32 Å². The summed E-state index contributed by atoms with van der Waals surface area (Å²) in [5.41, 5.74) is 1.04. The van der Waals surface area contributed by atoms with Gasteiger partial charge in [-0.2, -0.15) is 0 Å². The first-order valence-corrected chi connectivity index (χ1v) is 9.58. The highest BCUT2D eigenvalue weighted by Crippen LogP contribution is 2.10. The van der Waals surface area contributed by atoms with Crippen molar-refractivity contribution in [1.29, 1.82) is 0 Å². The van der Waals surface area contributed by atoms with Gasteiger partial charge in [0.25, 0.3) is 0 Å². The van der Waals surface area contributed by atoms with E-state index in [-0.39, 0.29) is 16.7 Å². The van der Waals surface area contributed by atoms with Gasteiger partial charge in [0.1, 0.15) is 0 Å². The Morgan fingerprint density at radius 1 is 1.25 bits per heavy atom. The first-order valence-electron chi connectivity index (χ1n) is 6.48. The normalized spacial score (nSPS) is 14.9. The molecule has 2 unspecified atom stereocenters. The molecular formula is C13H22N2O3S2. The monoisotopic (exact) mass is 318 g/mol. The van der Waals surface area contributed by atoms with Gasteiger partial charge in [-0.25, -0.2) is 13.1 Å². The second kappa shape index (κ2) is 7.87. The van der Waals surface area contributed by atoms with Crippen molar-refractivity contribution >= 4 is 20.8 Å². The zero-order valence-electron chi connectivity index (χ0n) is 12.0. The molecule has 0 aromatic heterocycles. The van der Waals surface area contributed by atoms with Crippen LogP contribution >= 0.6 is 0 Å². The lowest BCUT2D eigenvalue weighted by Crippen LogP contribution is -2.32. The van der Waals surface area contributed by atoms with E-state index < -0.39 is 20.8 Å². The van der Waals surface area contributed by atoms with Gasteiger partial charge in [0.2, 0.25) is 10.0 Å². The van der Waals surface area contributed by atoms with Crippen molar-refractivity contribution in [1.82, 2.24) is 10.0 Å². The first kappa shape index (κ1) is 17.3. The Bertz CT molecular complexity index is 541. The molecule has 0 fully saturated rings. The summed E-state index contributed by atoms with van der Waals surface area (Å²) in [5.74, 6) is 0. The predicted molar refractivity (Wildman–Crippen MR) is 82.5 cm³/mol. The molecular weight excluding hydrogens is 296 g/mol. The van der Waals surface area contributed by atoms with Crippen LogP contribution in [0.3, 0.4) is 0 Å². The van der Waals surface area contributed by atoms with Gasteiger partial charge in [0.05, 0.1) is 4.90 Å². The summed E-state index contributed by atoms with van der Waals surface area (Å²) >= 11 is 0. The van der Waals surface area contributed by atoms with Crippen LogP contribution in [0, 0.1) is 0 Å². The molecule has 0 bridgehead atoms. The number of benzene rings is 1. The summed E-state index contributed by atoms with van der Waals surface area (Å²) in [6.45, 7) is 5.52. The smallest absolute Gasteiger partial charge is 0.240 e. The van der Waals surface area contributed by atoms with Crippen molar-refractivity contribution < 1.29 is 12.6 Å². The van der Waals surface area contributed by atoms with Gasteiger partial charge in [-0.15, -0.1) is 0 Å². The van der Waals surface area contributed by atoms with E-state index >= 15 is 0 Å². The van der Waals surface area contributed by atoms with Crippen molar-refractivity contribution in [2.24, 2.45) is 0 Å². The van der Waals surface area contributed by atoms with Crippen molar-refractivity contribution in [2.45, 2.75) is 30.5 Å². The lowest BCUT2D eigenvalue weighted by molar-refractivity contribution is 0.580. The lowest BCUT2D eigenvalue weighted by atomic mass is 10.2. The molecule has 0 aliphatic rings. The molecule has 1 aromatic rings. The van der Waals surface area contributed by atoms with E-state index in [4.69, 9.17) is 0 Å². The van der Waals surface area contributed by atoms with Gasteiger partial charge in [-0.3, -0.25) is 4.21 Å². The van der Waals surface area contributed by atoms with Crippen LogP contribution in [-0.4, -0.2) is 37.2 Å². The topological polar surface area (TPSA) is 75.3 Å². The number of nitrogens with one attached hydrogen (secondary N) is 2. The van der Waals surface area contributed by atoms with Crippen LogP contribution in [-0.2, 0) is 27.4 Å². The molecule has 5 nitrogen and oxygen atoms in total. The molecule has 1 aromatic carbocycles. The van der Waals surface area contributed by atoms with Gasteiger partial charge in [-0.05, 0) is 31.2 Å². The van der Waals surface area contributed by atoms with Gasteiger partial charge in [0.15, 0.2) is 0 Å². The highest BCUT2D eigenvalue weighted by molar-refractivity contribution is 7.89. The molecule has 0 spiro atoms. The average molecular weight is 318 g/mol. The molecule has 20 heavy (non-hydrogen) atoms. The average Bonchev–Trinajstić information content (AvgIpc) is 2.43. The summed E-state index contributed by atoms with van der Waals surface area (Å²) in [7, 11) is -4.58. The van der Waals surface area contributed by atoms with Crippen LogP contribution in [0.4, 0.5) is 0 Å². The van der Waals surface area contributed by atoms with E-state index in [1.54, 1.807) is 37.4 Å². The van der Waals surface area contributed by atoms with E-state index in [0.717, 1.165) is 18.7 Å². The van der Waals surface area contributed by atoms with Crippen molar-refractivity contribution in [3.63, 3.8) is 0 Å². The highest BCUT2D eigenvalue weighted by Gasteiger charge is 2.16. The fraction of sp³-hybridized carbons (Fsp3) is 0.538. The highest BCUT2D eigenvalue weighted by atomic mass is 32.2. The summed E-state index contributed by atoms with van der Waals surface area (Å²) in [6, 6.07) is 6.75. The molecule has 1 rings (SSSR count). The molecule has 2 N–H and O–H groups in total. The Balaban J connectivity index is 2.70. The minimum absolute atomic E-state index is 0.171. The third-order valence-electron chi connectivity index (χ3n) is 2.94. The van der Waals surface area contributed by atoms with Crippen LogP contribution < -0.4 is 10.0 Å². The van der Waals surface area contributed by atoms with E-state index in [1.165, 1.54) is 0 Å². The molecule has 114 valence electrons. The minimum Gasteiger partial charge on any atom is -0.313 e. The zero-order chi connectivity index (χ0) is 15.2. The second-order valence-electron chi connectivity index (χ2n) is 4.59. The van der Waals surface area contributed by atoms with E-state index in [9.17, 15) is 12.6 Å². The fourth-order valence-electron chi connectivity index (χ4n) is 1.48. The summed E-state index contributed by atoms with van der Waals surface area (Å²) < 4.78 is 37.8. The Hall–Kier alpha value is -0.760. The van der Waals surface area contributed by atoms with Crippen LogP contribution in [0.25, 0.3) is 0 Å². The summed E-state index contributed by atoms with van der Waals surface area (Å²) in [4.78, 5) is 0.229. The Kier molecular flexibility index (Phi) is 6.81. The van der Waals surface area contributed by atoms with Crippen LogP contribution in [0.15, 0.2) is 29.2 Å². The molecule has 0 saturated carbocycles. The Morgan fingerprint density at radius 3 is 2.35 bits per heavy atom. The predicted octanol–water partition coefficient (Wildman–Crippen LogP) is 0.841. The third kappa shape index (κ3) is 5.32. The zero-order valence-corrected chi connectivity index (χ0v) is 13.7. The third-order valence-corrected chi connectivity index (χ3v) is 5.68. The molecule has 0 saturated heterocycles. The van der Waals surface area contributed by atoms with E-state index in [2.05, 4.69) is 10.0 Å².